The molecule has 274 valence electrons. The van der Waals surface area contributed by atoms with Crippen molar-refractivity contribution in [2.45, 2.75) is 65.2 Å². The third kappa shape index (κ3) is 4.40. The second-order valence-electron chi connectivity index (χ2n) is 17.4. The lowest BCUT2D eigenvalue weighted by Gasteiger charge is -2.27. The maximum Gasteiger partial charge on any atom is 0.304 e. The topological polar surface area (TPSA) is 26.1 Å². The lowest BCUT2D eigenvalue weighted by Crippen LogP contribution is -2.52. The molecule has 11 rings (SSSR count). The minimum Gasteiger partial charge on any atom is -0.454 e. The summed E-state index contributed by atoms with van der Waals surface area (Å²) in [5, 5.41) is 8.62. The molecule has 5 aromatic carbocycles. The summed E-state index contributed by atoms with van der Waals surface area (Å²) in [7, 11) is -1.59. The first-order valence-corrected chi connectivity index (χ1v) is 23.9. The zero-order chi connectivity index (χ0) is 38.2. The van der Waals surface area contributed by atoms with Crippen LogP contribution < -0.4 is 14.2 Å². The van der Waals surface area contributed by atoms with Gasteiger partial charge in [0.05, 0.1) is 26.0 Å². The Balaban J connectivity index is 1.37. The number of rotatable bonds is 5. The van der Waals surface area contributed by atoms with Crippen LogP contribution in [0.1, 0.15) is 56.0 Å². The fourth-order valence-electron chi connectivity index (χ4n) is 10.6. The molecule has 0 bridgehead atoms. The number of allylic oxidation sites excluding steroid dienone is 3. The smallest absolute Gasteiger partial charge is 0.304 e. The van der Waals surface area contributed by atoms with Gasteiger partial charge in [0, 0.05) is 44.8 Å². The maximum absolute atomic E-state index is 7.30. The van der Waals surface area contributed by atoms with E-state index in [1.54, 1.807) is 0 Å². The van der Waals surface area contributed by atoms with Crippen LogP contribution in [-0.2, 0) is 6.42 Å². The minimum absolute atomic E-state index is 0.181. The molecule has 0 N–H and O–H groups in total. The van der Waals surface area contributed by atoms with Gasteiger partial charge in [-0.1, -0.05) is 126 Å². The third-order valence-corrected chi connectivity index (χ3v) is 15.1. The van der Waals surface area contributed by atoms with E-state index in [9.17, 15) is 0 Å². The molecule has 0 radical (unpaired) electrons. The van der Waals surface area contributed by atoms with E-state index in [1.807, 2.05) is 0 Å². The monoisotopic (exact) mass is 745 g/mol. The van der Waals surface area contributed by atoms with Crippen molar-refractivity contribution in [2.24, 2.45) is 5.92 Å². The van der Waals surface area contributed by atoms with Crippen LogP contribution in [0.2, 0.25) is 19.6 Å². The molecule has 1 aliphatic heterocycles. The molecule has 0 fully saturated rings. The highest BCUT2D eigenvalue weighted by atomic mass is 28.3. The number of imidazole rings is 1. The number of nitrogens with zero attached hydrogens (tertiary/aromatic N) is 3. The number of fused-ring (bicyclic) bond motifs is 21. The zero-order valence-corrected chi connectivity index (χ0v) is 34.2. The van der Waals surface area contributed by atoms with Crippen LogP contribution in [-0.4, -0.2) is 12.6 Å². The predicted molar refractivity (Wildman–Crippen MR) is 236 cm³/mol. The summed E-state index contributed by atoms with van der Waals surface area (Å²) in [6, 6.07) is 41.2. The molecule has 0 saturated heterocycles. The number of benzene rings is 5. The first kappa shape index (κ1) is 33.5. The lowest BCUT2D eigenvalue weighted by atomic mass is 9.81. The average Bonchev–Trinajstić information content (AvgIpc) is 3.90. The molecule has 2 atom stereocenters. The van der Waals surface area contributed by atoms with E-state index in [0.717, 1.165) is 40.2 Å². The van der Waals surface area contributed by atoms with Gasteiger partial charge in [0.15, 0.2) is 28.9 Å². The molecule has 5 heterocycles. The Labute approximate surface area is 328 Å². The van der Waals surface area contributed by atoms with E-state index >= 15 is 0 Å². The van der Waals surface area contributed by atoms with Crippen molar-refractivity contribution in [3.8, 4) is 11.3 Å². The Morgan fingerprint density at radius 3 is 2.38 bits per heavy atom. The van der Waals surface area contributed by atoms with Gasteiger partial charge in [-0.3, -0.25) is 0 Å². The summed E-state index contributed by atoms with van der Waals surface area (Å²) in [6.07, 6.45) is 6.41. The Morgan fingerprint density at radius 1 is 0.839 bits per heavy atom. The van der Waals surface area contributed by atoms with Gasteiger partial charge in [0.1, 0.15) is 22.4 Å². The second kappa shape index (κ2) is 11.9. The molecule has 0 spiro atoms. The largest absolute Gasteiger partial charge is 0.454 e. The lowest BCUT2D eigenvalue weighted by molar-refractivity contribution is -0.715. The second-order valence-corrected chi connectivity index (χ2v) is 22.5. The summed E-state index contributed by atoms with van der Waals surface area (Å²) in [4.78, 5) is 0. The Kier molecular flexibility index (Phi) is 7.11. The zero-order valence-electron chi connectivity index (χ0n) is 33.2. The van der Waals surface area contributed by atoms with Crippen LogP contribution in [0, 0.1) is 5.92 Å². The highest BCUT2D eigenvalue weighted by Gasteiger charge is 2.51. The summed E-state index contributed by atoms with van der Waals surface area (Å²) >= 11 is 0. The number of furan rings is 1. The summed E-state index contributed by atoms with van der Waals surface area (Å²) in [5.74, 6) is 0.495. The Morgan fingerprint density at radius 2 is 1.57 bits per heavy atom. The number of pyridine rings is 2. The van der Waals surface area contributed by atoms with Crippen LogP contribution in [0.4, 0.5) is 0 Å². The summed E-state index contributed by atoms with van der Waals surface area (Å²) in [6.45, 7) is 18.6. The highest BCUT2D eigenvalue weighted by Crippen LogP contribution is 2.52. The van der Waals surface area contributed by atoms with E-state index in [2.05, 4.69) is 182 Å². The van der Waals surface area contributed by atoms with Gasteiger partial charge in [-0.2, -0.15) is 13.5 Å². The number of aromatic nitrogens is 3. The van der Waals surface area contributed by atoms with Crippen LogP contribution in [0.3, 0.4) is 0 Å². The quantitative estimate of drug-likeness (QED) is 0.0979. The fourth-order valence-corrected chi connectivity index (χ4v) is 11.7. The van der Waals surface area contributed by atoms with Crippen LogP contribution >= 0.6 is 0 Å². The first-order valence-electron chi connectivity index (χ1n) is 20.4. The van der Waals surface area contributed by atoms with Crippen molar-refractivity contribution in [1.82, 2.24) is 4.57 Å². The molecule has 9 aromatic rings. The van der Waals surface area contributed by atoms with Crippen molar-refractivity contribution in [3.05, 3.63) is 150 Å². The van der Waals surface area contributed by atoms with E-state index in [0.29, 0.717) is 5.92 Å². The number of hydrogen-bond acceptors (Lipinski definition) is 1. The minimum atomic E-state index is -1.59. The van der Waals surface area contributed by atoms with Gasteiger partial charge >= 0.3 is 5.65 Å². The fraction of sp³-hybridized carbons (Fsp3) is 0.216. The molecule has 4 nitrogen and oxygen atoms in total. The van der Waals surface area contributed by atoms with Gasteiger partial charge in [0.2, 0.25) is 5.69 Å². The summed E-state index contributed by atoms with van der Waals surface area (Å²) < 4.78 is 15.2. The van der Waals surface area contributed by atoms with E-state index in [1.165, 1.54) is 77.4 Å². The summed E-state index contributed by atoms with van der Waals surface area (Å²) in [5.41, 5.74) is 15.0. The maximum atomic E-state index is 7.30. The van der Waals surface area contributed by atoms with E-state index in [-0.39, 0.29) is 12.0 Å². The molecule has 56 heavy (non-hydrogen) atoms. The molecule has 2 unspecified atom stereocenters. The van der Waals surface area contributed by atoms with Crippen molar-refractivity contribution in [1.29, 1.82) is 0 Å². The van der Waals surface area contributed by atoms with Gasteiger partial charge in [-0.05, 0) is 52.8 Å². The Bertz CT molecular complexity index is 3210. The molecule has 2 aliphatic rings. The molecule has 0 saturated carbocycles. The van der Waals surface area contributed by atoms with Gasteiger partial charge in [-0.25, -0.2) is 0 Å². The highest BCUT2D eigenvalue weighted by molar-refractivity contribution is 6.88. The average molecular weight is 746 g/mol. The Hall–Kier alpha value is -5.78. The van der Waals surface area contributed by atoms with Crippen molar-refractivity contribution >= 4 is 79.1 Å². The van der Waals surface area contributed by atoms with E-state index < -0.39 is 8.07 Å². The van der Waals surface area contributed by atoms with E-state index in [4.69, 9.17) is 4.42 Å². The van der Waals surface area contributed by atoms with Crippen molar-refractivity contribution in [3.63, 3.8) is 0 Å². The first-order chi connectivity index (χ1) is 27.2. The van der Waals surface area contributed by atoms with Crippen LogP contribution in [0.15, 0.2) is 138 Å². The molecule has 4 aromatic heterocycles. The predicted octanol–water partition coefficient (Wildman–Crippen LogP) is 11.8. The molecular formula is C51H47N3OSi+2. The molecule has 0 amide bonds. The van der Waals surface area contributed by atoms with Crippen LogP contribution in [0.5, 0.6) is 0 Å². The van der Waals surface area contributed by atoms with Gasteiger partial charge in [-0.15, -0.1) is 0 Å². The number of para-hydroxylation sites is 2. The van der Waals surface area contributed by atoms with Gasteiger partial charge in [0.25, 0.3) is 0 Å². The standard InChI is InChI=1S/C51H47N3OSi/c1-8-33(30(3)4)40(9-2)53-42-20-14-15-21-43(42)54-45-28-44-46(36-19-13-12-18-35(36)41-27-23-32(29-52(41)44)56(5,6)7)47(45)39-26-25-38-37-24-22-31-16-10-11-17-34(31)49(37)55-50(38)48(39)51(53)54/h8,10-27,29-30,44,46H,1,9,28H2,2-7H3/q+2/b40-33-. The number of hydrogen-bond donors (Lipinski definition) is 0. The van der Waals surface area contributed by atoms with Crippen molar-refractivity contribution < 1.29 is 13.4 Å². The third-order valence-electron chi connectivity index (χ3n) is 13.1. The van der Waals surface area contributed by atoms with Crippen molar-refractivity contribution in [2.75, 3.05) is 0 Å². The van der Waals surface area contributed by atoms with Crippen LogP contribution in [0.25, 0.3) is 77.1 Å². The normalized spacial score (nSPS) is 16.9. The molecular weight excluding hydrogens is 699 g/mol. The SMILES string of the molecule is C=C/C(=C(\CC)n1c2ccccc2[n+]2c3c(c4ccc5c6ccc7ccccc7c6oc5c4c12)C1c2ccccc2-c2ccc([Si](C)(C)C)c[n+]2C1C3)C(C)C. The molecule has 1 aliphatic carbocycles. The molecule has 5 heteroatoms. The van der Waals surface area contributed by atoms with Gasteiger partial charge < -0.3 is 4.42 Å².